The molecular formula is C60H123Sn. The van der Waals surface area contributed by atoms with Gasteiger partial charge in [0.1, 0.15) is 0 Å². The van der Waals surface area contributed by atoms with E-state index in [1.54, 1.807) is 51.8 Å². The monoisotopic (exact) mass is 964 g/mol. The van der Waals surface area contributed by atoms with E-state index in [4.69, 9.17) is 0 Å². The van der Waals surface area contributed by atoms with Gasteiger partial charge in [-0.3, -0.25) is 0 Å². The average molecular weight is 963 g/mol. The Morgan fingerprint density at radius 2 is 0.230 bits per heavy atom. The number of hydrogen-bond acceptors (Lipinski definition) is 0. The van der Waals surface area contributed by atoms with Crippen molar-refractivity contribution in [1.29, 1.82) is 0 Å². The molecule has 0 bridgehead atoms. The molecule has 1 radical (unpaired) electrons. The zero-order chi connectivity index (χ0) is 43.9. The molecule has 0 nitrogen and oxygen atoms in total. The van der Waals surface area contributed by atoms with Gasteiger partial charge in [-0.1, -0.05) is 156 Å². The first-order valence-electron chi connectivity index (χ1n) is 30.2. The molecule has 0 aliphatic heterocycles. The van der Waals surface area contributed by atoms with Gasteiger partial charge >= 0.3 is 245 Å². The number of hydrogen-bond donors (Lipinski definition) is 0. The molecule has 0 aliphatic rings. The summed E-state index contributed by atoms with van der Waals surface area (Å²) >= 11 is -1.17. The molecular weight excluding hydrogens is 839 g/mol. The van der Waals surface area contributed by atoms with E-state index in [0.717, 1.165) is 0 Å². The van der Waals surface area contributed by atoms with Crippen LogP contribution < -0.4 is 0 Å². The van der Waals surface area contributed by atoms with E-state index in [0.29, 0.717) is 0 Å². The molecule has 0 amide bonds. The molecule has 0 spiro atoms. The van der Waals surface area contributed by atoms with Crippen LogP contribution in [0.25, 0.3) is 0 Å². The van der Waals surface area contributed by atoms with E-state index in [1.807, 2.05) is 0 Å². The second-order valence-electron chi connectivity index (χ2n) is 21.0. The molecule has 0 aromatic rings. The molecule has 61 heavy (non-hydrogen) atoms. The fourth-order valence-corrected chi connectivity index (χ4v) is 18.8. The Morgan fingerprint density at radius 3 is 0.344 bits per heavy atom. The fourth-order valence-electron chi connectivity index (χ4n) is 10.2. The summed E-state index contributed by atoms with van der Waals surface area (Å²) in [5.74, 6) is 0. The normalized spacial score (nSPS) is 11.8. The minimum atomic E-state index is -1.17. The van der Waals surface area contributed by atoms with Crippen molar-refractivity contribution in [3.05, 3.63) is 0 Å². The van der Waals surface area contributed by atoms with Crippen LogP contribution in [-0.2, 0) is 0 Å². The van der Waals surface area contributed by atoms with E-state index in [-0.39, 0.29) is 0 Å². The first-order valence-corrected chi connectivity index (χ1v) is 36.2. The van der Waals surface area contributed by atoms with Crippen LogP contribution in [0.2, 0.25) is 13.3 Å². The third-order valence-corrected chi connectivity index (χ3v) is 23.7. The number of rotatable bonds is 57. The van der Waals surface area contributed by atoms with Gasteiger partial charge in [-0.25, -0.2) is 0 Å². The van der Waals surface area contributed by atoms with Crippen LogP contribution in [0.1, 0.15) is 367 Å². The maximum atomic E-state index is 2.32. The molecule has 0 saturated carbocycles. The Morgan fingerprint density at radius 1 is 0.131 bits per heavy atom. The molecule has 0 atom stereocenters. The van der Waals surface area contributed by atoms with Gasteiger partial charge in [-0.15, -0.1) is 0 Å². The van der Waals surface area contributed by atoms with Crippen molar-refractivity contribution < 1.29 is 0 Å². The predicted molar refractivity (Wildman–Crippen MR) is 287 cm³/mol. The van der Waals surface area contributed by atoms with Gasteiger partial charge < -0.3 is 0 Å². The topological polar surface area (TPSA) is 0 Å². The van der Waals surface area contributed by atoms with Crippen molar-refractivity contribution in [2.45, 2.75) is 381 Å². The van der Waals surface area contributed by atoms with Crippen LogP contribution in [0.5, 0.6) is 0 Å². The van der Waals surface area contributed by atoms with Crippen LogP contribution in [0.4, 0.5) is 0 Å². The first kappa shape index (κ1) is 61.8. The predicted octanol–water partition coefficient (Wildman–Crippen LogP) is 23.6. The van der Waals surface area contributed by atoms with Gasteiger partial charge in [0.15, 0.2) is 0 Å². The fraction of sp³-hybridized carbons (Fsp3) is 1.00. The van der Waals surface area contributed by atoms with E-state index < -0.39 is 19.8 Å². The second kappa shape index (κ2) is 58.8. The van der Waals surface area contributed by atoms with Crippen molar-refractivity contribution in [3.8, 4) is 0 Å². The summed E-state index contributed by atoms with van der Waals surface area (Å²) < 4.78 is 5.21. The van der Waals surface area contributed by atoms with E-state index in [1.165, 1.54) is 308 Å². The van der Waals surface area contributed by atoms with Gasteiger partial charge in [0.05, 0.1) is 0 Å². The molecule has 0 aromatic heterocycles. The summed E-state index contributed by atoms with van der Waals surface area (Å²) in [5, 5.41) is 0. The van der Waals surface area contributed by atoms with Crippen LogP contribution in [0.3, 0.4) is 0 Å². The van der Waals surface area contributed by atoms with Gasteiger partial charge in [-0.2, -0.15) is 0 Å². The smallest absolute Gasteiger partial charge is 0.0654 e. The van der Waals surface area contributed by atoms with Crippen molar-refractivity contribution >= 4 is 19.8 Å². The Hall–Kier alpha value is 0.799. The van der Waals surface area contributed by atoms with Crippen molar-refractivity contribution in [3.63, 3.8) is 0 Å². The van der Waals surface area contributed by atoms with Crippen LogP contribution in [0.15, 0.2) is 0 Å². The second-order valence-corrected chi connectivity index (χ2v) is 29.6. The van der Waals surface area contributed by atoms with Gasteiger partial charge in [0, 0.05) is 0 Å². The van der Waals surface area contributed by atoms with Gasteiger partial charge in [-0.05, 0) is 0 Å². The molecule has 0 aromatic carbocycles. The maximum absolute atomic E-state index is 2.32. The molecule has 0 saturated heterocycles. The quantitative estimate of drug-likeness (QED) is 0.0421. The average Bonchev–Trinajstić information content (AvgIpc) is 3.27. The first-order chi connectivity index (χ1) is 30.3. The zero-order valence-electron chi connectivity index (χ0n) is 43.8. The van der Waals surface area contributed by atoms with Gasteiger partial charge in [0.25, 0.3) is 0 Å². The SMILES string of the molecule is CCCCCCCCCCCCCCCCCCC[CH2][Sn]([CH2]CCCCCCCCCCCCCCCCCCC)[CH2]CCCCCCCCCCCCCCCCCCC. The molecule has 0 unspecified atom stereocenters. The molecule has 0 heterocycles. The molecule has 1 heteroatoms. The standard InChI is InChI=1S/3C20H41.Sn/c3*1-3-5-7-9-11-13-15-17-19-20-18-16-14-12-10-8-6-4-2;/h3*1,3-20H2,2H3;. The number of unbranched alkanes of at least 4 members (excludes halogenated alkanes) is 51. The Labute approximate surface area is 398 Å². The summed E-state index contributed by atoms with van der Waals surface area (Å²) in [4.78, 5) is 0. The summed E-state index contributed by atoms with van der Waals surface area (Å²) in [6.07, 6.45) is 81.0. The summed E-state index contributed by atoms with van der Waals surface area (Å²) in [7, 11) is 0. The molecule has 0 rings (SSSR count). The molecule has 367 valence electrons. The third kappa shape index (κ3) is 56.9. The molecule has 0 fully saturated rings. The molecule has 0 N–H and O–H groups in total. The molecule has 0 aliphatic carbocycles. The minimum absolute atomic E-state index is 1.17. The van der Waals surface area contributed by atoms with Crippen molar-refractivity contribution in [2.75, 3.05) is 0 Å². The third-order valence-electron chi connectivity index (χ3n) is 14.7. The van der Waals surface area contributed by atoms with E-state index in [2.05, 4.69) is 20.8 Å². The minimum Gasteiger partial charge on any atom is -0.0654 e. The van der Waals surface area contributed by atoms with Crippen molar-refractivity contribution in [1.82, 2.24) is 0 Å². The summed E-state index contributed by atoms with van der Waals surface area (Å²) in [6, 6.07) is 0. The summed E-state index contributed by atoms with van der Waals surface area (Å²) in [6.45, 7) is 6.97. The van der Waals surface area contributed by atoms with Crippen LogP contribution >= 0.6 is 0 Å². The van der Waals surface area contributed by atoms with E-state index in [9.17, 15) is 0 Å². The van der Waals surface area contributed by atoms with Crippen LogP contribution in [0, 0.1) is 0 Å². The van der Waals surface area contributed by atoms with Gasteiger partial charge in [0.2, 0.25) is 0 Å². The van der Waals surface area contributed by atoms with E-state index >= 15 is 0 Å². The van der Waals surface area contributed by atoms with Crippen LogP contribution in [-0.4, -0.2) is 19.8 Å². The summed E-state index contributed by atoms with van der Waals surface area (Å²) in [5.41, 5.74) is 0. The van der Waals surface area contributed by atoms with Crippen molar-refractivity contribution in [2.24, 2.45) is 0 Å². The Bertz CT molecular complexity index is 621. The Balaban J connectivity index is 3.96. The zero-order valence-corrected chi connectivity index (χ0v) is 46.7. The Kier molecular flexibility index (Phi) is 59.6.